The maximum atomic E-state index is 13.3. The van der Waals surface area contributed by atoms with Crippen LogP contribution in [0.25, 0.3) is 0 Å². The number of ether oxygens (including phenoxy) is 1. The Kier molecular flexibility index (Phi) is 6.96. The molecule has 0 saturated carbocycles. The van der Waals surface area contributed by atoms with Gasteiger partial charge in [0, 0.05) is 41.9 Å². The van der Waals surface area contributed by atoms with E-state index >= 15 is 0 Å². The highest BCUT2D eigenvalue weighted by atomic mass is 35.5. The number of anilines is 1. The Morgan fingerprint density at radius 3 is 2.69 bits per heavy atom. The zero-order valence-corrected chi connectivity index (χ0v) is 21.7. The van der Waals surface area contributed by atoms with Crippen LogP contribution in [0.2, 0.25) is 5.02 Å². The number of benzene rings is 2. The maximum Gasteiger partial charge on any atom is 0.244 e. The number of sulfone groups is 1. The van der Waals surface area contributed by atoms with Crippen molar-refractivity contribution in [2.45, 2.75) is 36.1 Å². The van der Waals surface area contributed by atoms with E-state index in [4.69, 9.17) is 16.3 Å². The van der Waals surface area contributed by atoms with Crippen molar-refractivity contribution in [2.75, 3.05) is 31.1 Å². The molecular weight excluding hydrogens is 506 g/mol. The number of carbonyl (C=O) groups is 1. The molecule has 1 amide bonds. The van der Waals surface area contributed by atoms with Gasteiger partial charge in [-0.05, 0) is 60.9 Å². The van der Waals surface area contributed by atoms with Gasteiger partial charge in [0.1, 0.15) is 10.8 Å². The molecule has 35 heavy (non-hydrogen) atoms. The average Bonchev–Trinajstić information content (AvgIpc) is 3.48. The molecule has 7 nitrogen and oxygen atoms in total. The first kappa shape index (κ1) is 24.4. The first-order chi connectivity index (χ1) is 16.8. The third-order valence-corrected chi connectivity index (χ3v) is 9.28. The van der Waals surface area contributed by atoms with Crippen molar-refractivity contribution in [3.05, 3.63) is 75.2 Å². The van der Waals surface area contributed by atoms with Gasteiger partial charge in [0.15, 0.2) is 9.84 Å². The quantitative estimate of drug-likeness (QED) is 0.473. The van der Waals surface area contributed by atoms with E-state index in [0.29, 0.717) is 48.4 Å². The van der Waals surface area contributed by atoms with Gasteiger partial charge in [0.2, 0.25) is 5.91 Å². The molecule has 184 valence electrons. The largest absolute Gasteiger partial charge is 0.371 e. The van der Waals surface area contributed by atoms with E-state index < -0.39 is 9.84 Å². The van der Waals surface area contributed by atoms with E-state index in [-0.39, 0.29) is 28.7 Å². The number of rotatable bonds is 6. The van der Waals surface area contributed by atoms with Gasteiger partial charge in [0.05, 0.1) is 23.6 Å². The van der Waals surface area contributed by atoms with Crippen LogP contribution in [0.1, 0.15) is 28.7 Å². The Morgan fingerprint density at radius 2 is 1.97 bits per heavy atom. The number of thiazole rings is 1. The second-order valence-electron chi connectivity index (χ2n) is 8.89. The molecule has 2 aromatic carbocycles. The summed E-state index contributed by atoms with van der Waals surface area (Å²) in [6, 6.07) is 12.3. The Bertz CT molecular complexity index is 1290. The van der Waals surface area contributed by atoms with E-state index in [2.05, 4.69) is 16.0 Å². The second kappa shape index (κ2) is 9.99. The number of aryl methyl sites for hydroxylation is 1. The number of hydrogen-bond acceptors (Lipinski definition) is 7. The monoisotopic (exact) mass is 531 g/mol. The highest BCUT2D eigenvalue weighted by Gasteiger charge is 2.39. The number of morpholine rings is 1. The van der Waals surface area contributed by atoms with Gasteiger partial charge in [-0.15, -0.1) is 11.3 Å². The van der Waals surface area contributed by atoms with Gasteiger partial charge >= 0.3 is 0 Å². The highest BCUT2D eigenvalue weighted by Crippen LogP contribution is 2.31. The number of hydrogen-bond donors (Lipinski definition) is 0. The summed E-state index contributed by atoms with van der Waals surface area (Å²) in [5.74, 6) is -0.0923. The van der Waals surface area contributed by atoms with Crippen molar-refractivity contribution in [1.29, 1.82) is 0 Å². The van der Waals surface area contributed by atoms with Crippen LogP contribution in [-0.2, 0) is 25.1 Å². The van der Waals surface area contributed by atoms with E-state index in [1.54, 1.807) is 40.7 Å². The summed E-state index contributed by atoms with van der Waals surface area (Å²) in [6.45, 7) is 4.45. The summed E-state index contributed by atoms with van der Waals surface area (Å²) >= 11 is 7.57. The molecule has 3 heterocycles. The fourth-order valence-electron chi connectivity index (χ4n) is 4.77. The zero-order valence-electron chi connectivity index (χ0n) is 19.3. The summed E-state index contributed by atoms with van der Waals surface area (Å²) in [7, 11) is -3.49. The van der Waals surface area contributed by atoms with Crippen LogP contribution in [0.4, 0.5) is 5.69 Å². The molecule has 10 heteroatoms. The summed E-state index contributed by atoms with van der Waals surface area (Å²) < 4.78 is 31.4. The van der Waals surface area contributed by atoms with Crippen LogP contribution in [0, 0.1) is 6.92 Å². The maximum absolute atomic E-state index is 13.3. The van der Waals surface area contributed by atoms with Gasteiger partial charge in [-0.3, -0.25) is 9.69 Å². The standard InChI is InChI=1S/C25H26ClN3O4S2/c1-17-12-18(14-19(26)13-17)23-15-28(9-10-33-23)22-6-8-29(25(22)30)20-2-4-21(5-3-20)35(31,32)16-24-27-7-11-34-24/h2-5,7,11-14,22-23H,6,8-10,15-16H2,1H3/t22-,23+/m0/s1. The first-order valence-electron chi connectivity index (χ1n) is 11.5. The van der Waals surface area contributed by atoms with Gasteiger partial charge in [-0.25, -0.2) is 13.4 Å². The van der Waals surface area contributed by atoms with Gasteiger partial charge < -0.3 is 9.64 Å². The molecule has 2 aliphatic rings. The number of amides is 1. The van der Waals surface area contributed by atoms with Crippen LogP contribution in [0.3, 0.4) is 0 Å². The molecule has 0 bridgehead atoms. The van der Waals surface area contributed by atoms with E-state index in [0.717, 1.165) is 11.1 Å². The zero-order chi connectivity index (χ0) is 24.6. The molecule has 0 radical (unpaired) electrons. The smallest absolute Gasteiger partial charge is 0.244 e. The third kappa shape index (κ3) is 5.29. The molecular formula is C25H26ClN3O4S2. The van der Waals surface area contributed by atoms with Crippen molar-refractivity contribution in [1.82, 2.24) is 9.88 Å². The lowest BCUT2D eigenvalue weighted by Crippen LogP contribution is -2.48. The van der Waals surface area contributed by atoms with Crippen molar-refractivity contribution >= 4 is 44.4 Å². The van der Waals surface area contributed by atoms with Crippen molar-refractivity contribution < 1.29 is 17.9 Å². The molecule has 2 atom stereocenters. The minimum Gasteiger partial charge on any atom is -0.371 e. The van der Waals surface area contributed by atoms with Crippen LogP contribution >= 0.6 is 22.9 Å². The fraction of sp³-hybridized carbons (Fsp3) is 0.360. The van der Waals surface area contributed by atoms with Gasteiger partial charge in [0.25, 0.3) is 0 Å². The topological polar surface area (TPSA) is 79.8 Å². The van der Waals surface area contributed by atoms with Crippen molar-refractivity contribution in [3.63, 3.8) is 0 Å². The van der Waals surface area contributed by atoms with Crippen LogP contribution in [0.15, 0.2) is 58.9 Å². The molecule has 1 aromatic heterocycles. The summed E-state index contributed by atoms with van der Waals surface area (Å²) in [5.41, 5.74) is 2.81. The Balaban J connectivity index is 1.27. The van der Waals surface area contributed by atoms with Crippen LogP contribution < -0.4 is 4.90 Å². The molecule has 0 N–H and O–H groups in total. The van der Waals surface area contributed by atoms with Crippen molar-refractivity contribution in [3.8, 4) is 0 Å². The SMILES string of the molecule is Cc1cc(Cl)cc([C@H]2CN([C@H]3CCN(c4ccc(S(=O)(=O)Cc5nccs5)cc4)C3=O)CCO2)c1. The normalized spacial score (nSPS) is 21.5. The Labute approximate surface area is 214 Å². The molecule has 2 aliphatic heterocycles. The predicted octanol–water partition coefficient (Wildman–Crippen LogP) is 4.26. The minimum atomic E-state index is -3.49. The lowest BCUT2D eigenvalue weighted by atomic mass is 10.0. The number of carbonyl (C=O) groups excluding carboxylic acids is 1. The summed E-state index contributed by atoms with van der Waals surface area (Å²) in [4.78, 5) is 21.6. The van der Waals surface area contributed by atoms with Crippen LogP contribution in [0.5, 0.6) is 0 Å². The molecule has 2 fully saturated rings. The molecule has 3 aromatic rings. The van der Waals surface area contributed by atoms with E-state index in [1.807, 2.05) is 19.1 Å². The molecule has 2 saturated heterocycles. The van der Waals surface area contributed by atoms with Gasteiger partial charge in [-0.2, -0.15) is 0 Å². The molecule has 0 spiro atoms. The molecule has 0 unspecified atom stereocenters. The first-order valence-corrected chi connectivity index (χ1v) is 14.4. The lowest BCUT2D eigenvalue weighted by molar-refractivity contribution is -0.125. The summed E-state index contributed by atoms with van der Waals surface area (Å²) in [5, 5.41) is 3.00. The second-order valence-corrected chi connectivity index (χ2v) is 12.3. The average molecular weight is 532 g/mol. The van der Waals surface area contributed by atoms with E-state index in [1.165, 1.54) is 11.3 Å². The fourth-order valence-corrected chi connectivity index (χ4v) is 7.32. The van der Waals surface area contributed by atoms with Gasteiger partial charge in [-0.1, -0.05) is 17.7 Å². The Morgan fingerprint density at radius 1 is 1.17 bits per heavy atom. The minimum absolute atomic E-state index is 0.0336. The molecule has 5 rings (SSSR count). The number of halogens is 1. The molecule has 0 aliphatic carbocycles. The highest BCUT2D eigenvalue weighted by molar-refractivity contribution is 7.90. The number of aromatic nitrogens is 1. The number of nitrogens with zero attached hydrogens (tertiary/aromatic N) is 3. The third-order valence-electron chi connectivity index (χ3n) is 6.46. The lowest BCUT2D eigenvalue weighted by Gasteiger charge is -2.36. The summed E-state index contributed by atoms with van der Waals surface area (Å²) in [6.07, 6.45) is 2.18. The predicted molar refractivity (Wildman–Crippen MR) is 137 cm³/mol. The Hall–Kier alpha value is -2.30. The van der Waals surface area contributed by atoms with Crippen molar-refractivity contribution in [2.24, 2.45) is 0 Å². The van der Waals surface area contributed by atoms with Crippen LogP contribution in [-0.4, -0.2) is 56.5 Å². The van der Waals surface area contributed by atoms with E-state index in [9.17, 15) is 13.2 Å².